The highest BCUT2D eigenvalue weighted by atomic mass is 32.1. The van der Waals surface area contributed by atoms with Crippen LogP contribution in [0.15, 0.2) is 54.0 Å². The van der Waals surface area contributed by atoms with Gasteiger partial charge in [-0.25, -0.2) is 0 Å². The number of nitrogens with two attached hydrogens (primary N) is 1. The molecule has 1 unspecified atom stereocenters. The topological polar surface area (TPSA) is 38.9 Å². The Morgan fingerprint density at radius 3 is 2.76 bits per heavy atom. The van der Waals surface area contributed by atoms with Crippen molar-refractivity contribution in [3.8, 4) is 0 Å². The molecule has 0 aliphatic rings. The SMILES string of the molecule is NC(c1cccs1)c1cccc2cccnc12. The van der Waals surface area contributed by atoms with Crippen molar-refractivity contribution >= 4 is 22.2 Å². The minimum absolute atomic E-state index is 0.0893. The first-order valence-electron chi connectivity index (χ1n) is 5.49. The number of fused-ring (bicyclic) bond motifs is 1. The smallest absolute Gasteiger partial charge is 0.0753 e. The molecule has 3 rings (SSSR count). The number of pyridine rings is 1. The van der Waals surface area contributed by atoms with Crippen molar-refractivity contribution < 1.29 is 0 Å². The lowest BCUT2D eigenvalue weighted by Gasteiger charge is -2.12. The lowest BCUT2D eigenvalue weighted by atomic mass is 10.0. The summed E-state index contributed by atoms with van der Waals surface area (Å²) in [6.45, 7) is 0. The van der Waals surface area contributed by atoms with Gasteiger partial charge < -0.3 is 5.73 Å². The molecule has 0 fully saturated rings. The van der Waals surface area contributed by atoms with Crippen molar-refractivity contribution in [3.05, 3.63) is 64.5 Å². The Morgan fingerprint density at radius 2 is 1.94 bits per heavy atom. The number of nitrogens with zero attached hydrogens (tertiary/aromatic N) is 1. The molecule has 2 aromatic heterocycles. The van der Waals surface area contributed by atoms with Crippen molar-refractivity contribution in [2.75, 3.05) is 0 Å². The Labute approximate surface area is 104 Å². The molecular formula is C14H12N2S. The van der Waals surface area contributed by atoms with Gasteiger partial charge in [0.1, 0.15) is 0 Å². The highest BCUT2D eigenvalue weighted by Gasteiger charge is 2.13. The van der Waals surface area contributed by atoms with Gasteiger partial charge >= 0.3 is 0 Å². The number of para-hydroxylation sites is 1. The van der Waals surface area contributed by atoms with Crippen LogP contribution in [0.2, 0.25) is 0 Å². The summed E-state index contributed by atoms with van der Waals surface area (Å²) in [6.07, 6.45) is 1.81. The summed E-state index contributed by atoms with van der Waals surface area (Å²) in [7, 11) is 0. The second-order valence-electron chi connectivity index (χ2n) is 3.92. The predicted octanol–water partition coefficient (Wildman–Crippen LogP) is 3.34. The van der Waals surface area contributed by atoms with Crippen LogP contribution in [0.5, 0.6) is 0 Å². The first-order chi connectivity index (χ1) is 8.36. The second-order valence-corrected chi connectivity index (χ2v) is 4.89. The third-order valence-corrected chi connectivity index (χ3v) is 3.80. The van der Waals surface area contributed by atoms with Crippen LogP contribution >= 0.6 is 11.3 Å². The van der Waals surface area contributed by atoms with Crippen LogP contribution in [0.1, 0.15) is 16.5 Å². The fourth-order valence-corrected chi connectivity index (χ4v) is 2.75. The largest absolute Gasteiger partial charge is 0.320 e. The molecule has 0 aliphatic carbocycles. The van der Waals surface area contributed by atoms with E-state index in [2.05, 4.69) is 29.2 Å². The molecule has 17 heavy (non-hydrogen) atoms. The molecule has 84 valence electrons. The first-order valence-corrected chi connectivity index (χ1v) is 6.37. The molecule has 0 aliphatic heterocycles. The third-order valence-electron chi connectivity index (χ3n) is 2.85. The molecular weight excluding hydrogens is 228 g/mol. The molecule has 2 nitrogen and oxygen atoms in total. The lowest BCUT2D eigenvalue weighted by molar-refractivity contribution is 0.900. The number of rotatable bonds is 2. The molecule has 0 amide bonds. The molecule has 2 N–H and O–H groups in total. The summed E-state index contributed by atoms with van der Waals surface area (Å²) >= 11 is 1.68. The molecule has 3 heteroatoms. The fourth-order valence-electron chi connectivity index (χ4n) is 2.00. The average Bonchev–Trinajstić information content (AvgIpc) is 2.91. The summed E-state index contributed by atoms with van der Waals surface area (Å²) in [5.41, 5.74) is 8.38. The zero-order valence-electron chi connectivity index (χ0n) is 9.21. The van der Waals surface area contributed by atoms with Gasteiger partial charge in [-0.15, -0.1) is 11.3 Å². The average molecular weight is 240 g/mol. The molecule has 3 aromatic rings. The van der Waals surface area contributed by atoms with Gasteiger partial charge in [0.15, 0.2) is 0 Å². The predicted molar refractivity (Wildman–Crippen MR) is 72.1 cm³/mol. The van der Waals surface area contributed by atoms with Gasteiger partial charge in [-0.2, -0.15) is 0 Å². The van der Waals surface area contributed by atoms with Gasteiger partial charge in [0, 0.05) is 22.0 Å². The van der Waals surface area contributed by atoms with Gasteiger partial charge in [-0.3, -0.25) is 4.98 Å². The Bertz CT molecular complexity index is 626. The van der Waals surface area contributed by atoms with E-state index in [0.717, 1.165) is 16.5 Å². The van der Waals surface area contributed by atoms with E-state index < -0.39 is 0 Å². The fraction of sp³-hybridized carbons (Fsp3) is 0.0714. The summed E-state index contributed by atoms with van der Waals surface area (Å²) in [6, 6.07) is 14.2. The maximum atomic E-state index is 6.30. The second kappa shape index (κ2) is 4.28. The molecule has 1 aromatic carbocycles. The monoisotopic (exact) mass is 240 g/mol. The minimum Gasteiger partial charge on any atom is -0.320 e. The van der Waals surface area contributed by atoms with Crippen LogP contribution in [0.3, 0.4) is 0 Å². The van der Waals surface area contributed by atoms with Crippen LogP contribution in [0, 0.1) is 0 Å². The molecule has 0 bridgehead atoms. The zero-order valence-corrected chi connectivity index (χ0v) is 10.0. The maximum absolute atomic E-state index is 6.30. The Morgan fingerprint density at radius 1 is 1.06 bits per heavy atom. The highest BCUT2D eigenvalue weighted by Crippen LogP contribution is 2.28. The van der Waals surface area contributed by atoms with Crippen LogP contribution in [0.25, 0.3) is 10.9 Å². The van der Waals surface area contributed by atoms with Crippen LogP contribution in [0.4, 0.5) is 0 Å². The maximum Gasteiger partial charge on any atom is 0.0753 e. The zero-order chi connectivity index (χ0) is 11.7. The van der Waals surface area contributed by atoms with E-state index in [-0.39, 0.29) is 6.04 Å². The Balaban J connectivity index is 2.17. The number of thiophene rings is 1. The summed E-state index contributed by atoms with van der Waals surface area (Å²) in [5, 5.41) is 3.19. The van der Waals surface area contributed by atoms with Crippen LogP contribution < -0.4 is 5.73 Å². The molecule has 0 radical (unpaired) electrons. The van der Waals surface area contributed by atoms with Gasteiger partial charge in [0.25, 0.3) is 0 Å². The third kappa shape index (κ3) is 1.84. The first kappa shape index (κ1) is 10.4. The van der Waals surface area contributed by atoms with E-state index >= 15 is 0 Å². The van der Waals surface area contributed by atoms with E-state index in [1.165, 1.54) is 4.88 Å². The normalized spacial score (nSPS) is 12.8. The molecule has 1 atom stereocenters. The van der Waals surface area contributed by atoms with E-state index in [1.807, 2.05) is 29.8 Å². The van der Waals surface area contributed by atoms with E-state index in [1.54, 1.807) is 11.3 Å². The van der Waals surface area contributed by atoms with E-state index in [9.17, 15) is 0 Å². The molecule has 0 saturated heterocycles. The van der Waals surface area contributed by atoms with Crippen LogP contribution in [-0.4, -0.2) is 4.98 Å². The molecule has 0 spiro atoms. The number of hydrogen-bond donors (Lipinski definition) is 1. The summed E-state index contributed by atoms with van der Waals surface area (Å²) in [5.74, 6) is 0. The van der Waals surface area contributed by atoms with Crippen molar-refractivity contribution in [2.24, 2.45) is 5.73 Å². The summed E-state index contributed by atoms with van der Waals surface area (Å²) in [4.78, 5) is 5.61. The van der Waals surface area contributed by atoms with Crippen LogP contribution in [-0.2, 0) is 0 Å². The van der Waals surface area contributed by atoms with Gasteiger partial charge in [0.05, 0.1) is 11.6 Å². The number of benzene rings is 1. The minimum atomic E-state index is -0.0893. The summed E-state index contributed by atoms with van der Waals surface area (Å²) < 4.78 is 0. The van der Waals surface area contributed by atoms with Crippen molar-refractivity contribution in [2.45, 2.75) is 6.04 Å². The lowest BCUT2D eigenvalue weighted by Crippen LogP contribution is -2.11. The van der Waals surface area contributed by atoms with E-state index in [0.29, 0.717) is 0 Å². The Kier molecular flexibility index (Phi) is 2.63. The van der Waals surface area contributed by atoms with Gasteiger partial charge in [0.2, 0.25) is 0 Å². The van der Waals surface area contributed by atoms with Crippen molar-refractivity contribution in [1.29, 1.82) is 0 Å². The molecule has 2 heterocycles. The van der Waals surface area contributed by atoms with Gasteiger partial charge in [-0.05, 0) is 17.5 Å². The highest BCUT2D eigenvalue weighted by molar-refractivity contribution is 7.10. The van der Waals surface area contributed by atoms with Crippen molar-refractivity contribution in [3.63, 3.8) is 0 Å². The number of hydrogen-bond acceptors (Lipinski definition) is 3. The van der Waals surface area contributed by atoms with Gasteiger partial charge in [-0.1, -0.05) is 30.3 Å². The standard InChI is InChI=1S/C14H12N2S/c15-13(12-7-3-9-17-12)11-6-1-4-10-5-2-8-16-14(10)11/h1-9,13H,15H2. The van der Waals surface area contributed by atoms with Crippen molar-refractivity contribution in [1.82, 2.24) is 4.98 Å². The number of aromatic nitrogens is 1. The quantitative estimate of drug-likeness (QED) is 0.746. The Hall–Kier alpha value is -1.71. The molecule has 0 saturated carbocycles. The van der Waals surface area contributed by atoms with E-state index in [4.69, 9.17) is 5.73 Å².